The van der Waals surface area contributed by atoms with Crippen LogP contribution < -0.4 is 21.7 Å². The van der Waals surface area contributed by atoms with Crippen molar-refractivity contribution >= 4 is 34.6 Å². The van der Waals surface area contributed by atoms with E-state index >= 15 is 0 Å². The van der Waals surface area contributed by atoms with Gasteiger partial charge in [0.15, 0.2) is 0 Å². The van der Waals surface area contributed by atoms with E-state index in [0.29, 0.717) is 0 Å². The number of aliphatic carboxylic acids is 1. The lowest BCUT2D eigenvalue weighted by Gasteiger charge is -2.21. The summed E-state index contributed by atoms with van der Waals surface area (Å²) in [7, 11) is 0. The second-order valence-electron chi connectivity index (χ2n) is 6.78. The number of benzene rings is 1. The fourth-order valence-corrected chi connectivity index (χ4v) is 2.74. The third-order valence-electron chi connectivity index (χ3n) is 4.41. The monoisotopic (exact) mass is 419 g/mol. The Balaban J connectivity index is 2.12. The van der Waals surface area contributed by atoms with Gasteiger partial charge in [0, 0.05) is 23.5 Å². The van der Waals surface area contributed by atoms with Crippen molar-refractivity contribution in [3.8, 4) is 0 Å². The average Bonchev–Trinajstić information content (AvgIpc) is 3.12. The number of nitrogens with one attached hydrogen (secondary N) is 4. The van der Waals surface area contributed by atoms with Gasteiger partial charge in [-0.2, -0.15) is 0 Å². The summed E-state index contributed by atoms with van der Waals surface area (Å²) < 4.78 is 0. The lowest BCUT2D eigenvalue weighted by molar-refractivity contribution is -0.138. The lowest BCUT2D eigenvalue weighted by Crippen LogP contribution is -2.55. The van der Waals surface area contributed by atoms with Gasteiger partial charge in [0.2, 0.25) is 17.7 Å². The number of amides is 3. The topological polar surface area (TPSA) is 187 Å². The molecule has 0 saturated heterocycles. The Bertz CT molecular complexity index is 925. The molecule has 0 radical (unpaired) electrons. The van der Waals surface area contributed by atoms with E-state index in [1.807, 2.05) is 24.3 Å². The van der Waals surface area contributed by atoms with Gasteiger partial charge in [-0.3, -0.25) is 19.2 Å². The van der Waals surface area contributed by atoms with Gasteiger partial charge in [0.1, 0.15) is 18.6 Å². The summed E-state index contributed by atoms with van der Waals surface area (Å²) in [6, 6.07) is 5.10. The van der Waals surface area contributed by atoms with Gasteiger partial charge in [-0.15, -0.1) is 0 Å². The van der Waals surface area contributed by atoms with Gasteiger partial charge in [0.25, 0.3) is 0 Å². The molecule has 3 unspecified atom stereocenters. The summed E-state index contributed by atoms with van der Waals surface area (Å²) in [6.07, 6.45) is 0.694. The number of H-pyrrole nitrogens is 1. The van der Waals surface area contributed by atoms with Crippen LogP contribution in [0, 0.1) is 0 Å². The Labute approximate surface area is 172 Å². The lowest BCUT2D eigenvalue weighted by atomic mass is 10.0. The van der Waals surface area contributed by atoms with E-state index in [4.69, 9.17) is 10.8 Å². The minimum atomic E-state index is -1.23. The van der Waals surface area contributed by atoms with Gasteiger partial charge < -0.3 is 36.9 Å². The standard InChI is InChI=1S/C19H25N5O6/c1-10(25)17(20)19(30)24-14(18(29)23-8-15(26)22-9-16(27)28)6-11-7-21-13-5-3-2-4-12(11)13/h2-5,7,10,14,17,21,25H,6,8-9,20H2,1H3,(H,22,26)(H,23,29)(H,24,30)(H,27,28). The molecule has 1 aromatic heterocycles. The molecule has 8 N–H and O–H groups in total. The Morgan fingerprint density at radius 3 is 2.47 bits per heavy atom. The molecule has 30 heavy (non-hydrogen) atoms. The molecule has 0 aliphatic heterocycles. The van der Waals surface area contributed by atoms with Crippen molar-refractivity contribution in [2.75, 3.05) is 13.1 Å². The normalized spacial score (nSPS) is 13.8. The zero-order valence-corrected chi connectivity index (χ0v) is 16.3. The van der Waals surface area contributed by atoms with E-state index < -0.39 is 55.0 Å². The second kappa shape index (κ2) is 10.4. The highest BCUT2D eigenvalue weighted by molar-refractivity contribution is 5.93. The molecule has 11 heteroatoms. The first-order valence-electron chi connectivity index (χ1n) is 9.24. The van der Waals surface area contributed by atoms with Crippen molar-refractivity contribution < 1.29 is 29.4 Å². The van der Waals surface area contributed by atoms with E-state index in [1.54, 1.807) is 6.20 Å². The molecule has 1 heterocycles. The summed E-state index contributed by atoms with van der Waals surface area (Å²) in [6.45, 7) is 0.314. The second-order valence-corrected chi connectivity index (χ2v) is 6.78. The van der Waals surface area contributed by atoms with Gasteiger partial charge in [-0.05, 0) is 18.6 Å². The summed E-state index contributed by atoms with van der Waals surface area (Å²) in [5.74, 6) is -3.29. The number of aromatic nitrogens is 1. The van der Waals surface area contributed by atoms with Gasteiger partial charge in [-0.25, -0.2) is 0 Å². The number of hydrogen-bond donors (Lipinski definition) is 7. The fraction of sp³-hybridized carbons (Fsp3) is 0.368. The molecular weight excluding hydrogens is 394 g/mol. The Kier molecular flexibility index (Phi) is 7.90. The van der Waals surface area contributed by atoms with E-state index in [9.17, 15) is 24.3 Å². The summed E-state index contributed by atoms with van der Waals surface area (Å²) >= 11 is 0. The molecule has 0 bridgehead atoms. The number of hydrogen-bond acceptors (Lipinski definition) is 6. The number of carbonyl (C=O) groups is 4. The van der Waals surface area contributed by atoms with E-state index in [1.165, 1.54) is 6.92 Å². The third kappa shape index (κ3) is 6.29. The maximum atomic E-state index is 12.6. The minimum Gasteiger partial charge on any atom is -0.480 e. The zero-order chi connectivity index (χ0) is 22.3. The average molecular weight is 419 g/mol. The van der Waals surface area contributed by atoms with Gasteiger partial charge >= 0.3 is 5.97 Å². The number of aliphatic hydroxyl groups is 1. The predicted octanol–water partition coefficient (Wildman–Crippen LogP) is -1.78. The van der Waals surface area contributed by atoms with Crippen LogP contribution in [0.1, 0.15) is 12.5 Å². The van der Waals surface area contributed by atoms with Crippen LogP contribution in [0.2, 0.25) is 0 Å². The molecule has 3 atom stereocenters. The maximum Gasteiger partial charge on any atom is 0.322 e. The third-order valence-corrected chi connectivity index (χ3v) is 4.41. The minimum absolute atomic E-state index is 0.102. The number of rotatable bonds is 10. The zero-order valence-electron chi connectivity index (χ0n) is 16.3. The Morgan fingerprint density at radius 2 is 1.80 bits per heavy atom. The van der Waals surface area contributed by atoms with Crippen LogP contribution in [-0.2, 0) is 25.6 Å². The van der Waals surface area contributed by atoms with Crippen LogP contribution in [0.3, 0.4) is 0 Å². The predicted molar refractivity (Wildman–Crippen MR) is 107 cm³/mol. The smallest absolute Gasteiger partial charge is 0.322 e. The number of fused-ring (bicyclic) bond motifs is 1. The quantitative estimate of drug-likeness (QED) is 0.237. The van der Waals surface area contributed by atoms with Crippen molar-refractivity contribution in [2.24, 2.45) is 5.73 Å². The first-order chi connectivity index (χ1) is 14.2. The van der Waals surface area contributed by atoms with Crippen molar-refractivity contribution in [1.82, 2.24) is 20.9 Å². The van der Waals surface area contributed by atoms with Crippen LogP contribution in [-0.4, -0.2) is 70.2 Å². The molecular formula is C19H25N5O6. The van der Waals surface area contributed by atoms with Crippen molar-refractivity contribution in [1.29, 1.82) is 0 Å². The van der Waals surface area contributed by atoms with Crippen molar-refractivity contribution in [3.63, 3.8) is 0 Å². The molecule has 0 saturated carbocycles. The first kappa shape index (κ1) is 22.8. The summed E-state index contributed by atoms with van der Waals surface area (Å²) in [5.41, 5.74) is 7.25. The van der Waals surface area contributed by atoms with Crippen LogP contribution in [0.25, 0.3) is 10.9 Å². The summed E-state index contributed by atoms with van der Waals surface area (Å²) in [4.78, 5) is 50.1. The number of carboxylic acids is 1. The largest absolute Gasteiger partial charge is 0.480 e. The number of nitrogens with two attached hydrogens (primary N) is 1. The molecule has 162 valence electrons. The van der Waals surface area contributed by atoms with E-state index in [-0.39, 0.29) is 6.42 Å². The van der Waals surface area contributed by atoms with E-state index in [0.717, 1.165) is 16.5 Å². The highest BCUT2D eigenvalue weighted by Gasteiger charge is 2.27. The van der Waals surface area contributed by atoms with Crippen molar-refractivity contribution in [3.05, 3.63) is 36.0 Å². The first-order valence-corrected chi connectivity index (χ1v) is 9.24. The molecule has 0 aliphatic carbocycles. The Hall–Kier alpha value is -3.44. The number of para-hydroxylation sites is 1. The molecule has 3 amide bonds. The van der Waals surface area contributed by atoms with Gasteiger partial charge in [-0.1, -0.05) is 18.2 Å². The number of aliphatic hydroxyl groups excluding tert-OH is 1. The number of carbonyl (C=O) groups excluding carboxylic acids is 3. The highest BCUT2D eigenvalue weighted by atomic mass is 16.4. The highest BCUT2D eigenvalue weighted by Crippen LogP contribution is 2.19. The molecule has 2 rings (SSSR count). The summed E-state index contributed by atoms with van der Waals surface area (Å²) in [5, 5.41) is 26.0. The SMILES string of the molecule is CC(O)C(N)C(=O)NC(Cc1c[nH]c2ccccc12)C(=O)NCC(=O)NCC(=O)O. The van der Waals surface area contributed by atoms with Crippen LogP contribution >= 0.6 is 0 Å². The van der Waals surface area contributed by atoms with Crippen LogP contribution in [0.4, 0.5) is 0 Å². The molecule has 0 spiro atoms. The van der Waals surface area contributed by atoms with Crippen LogP contribution in [0.15, 0.2) is 30.5 Å². The maximum absolute atomic E-state index is 12.6. The number of aromatic amines is 1. The van der Waals surface area contributed by atoms with E-state index in [2.05, 4.69) is 20.9 Å². The van der Waals surface area contributed by atoms with Crippen molar-refractivity contribution in [2.45, 2.75) is 31.5 Å². The molecule has 0 aliphatic rings. The molecule has 1 aromatic carbocycles. The molecule has 0 fully saturated rings. The Morgan fingerprint density at radius 1 is 1.10 bits per heavy atom. The van der Waals surface area contributed by atoms with Gasteiger partial charge in [0.05, 0.1) is 12.6 Å². The molecule has 11 nitrogen and oxygen atoms in total. The van der Waals surface area contributed by atoms with Crippen LogP contribution in [0.5, 0.6) is 0 Å². The fourth-order valence-electron chi connectivity index (χ4n) is 2.74. The molecule has 2 aromatic rings. The number of carboxylic acid groups (broad SMARTS) is 1.